The van der Waals surface area contributed by atoms with Crippen molar-refractivity contribution in [3.8, 4) is 5.75 Å². The smallest absolute Gasteiger partial charge is 0.390 e. The Labute approximate surface area is 190 Å². The van der Waals surface area contributed by atoms with Gasteiger partial charge in [-0.2, -0.15) is 17.6 Å². The maximum Gasteiger partial charge on any atom is 0.390 e. The molecule has 2 aromatic rings. The number of rotatable bonds is 9. The molecule has 1 fully saturated rings. The maximum atomic E-state index is 15.0. The Morgan fingerprint density at radius 1 is 1.27 bits per heavy atom. The van der Waals surface area contributed by atoms with Crippen LogP contribution >= 0.6 is 0 Å². The summed E-state index contributed by atoms with van der Waals surface area (Å²) in [7, 11) is 1.37. The van der Waals surface area contributed by atoms with Gasteiger partial charge in [-0.15, -0.1) is 0 Å². The Morgan fingerprint density at radius 2 is 1.97 bits per heavy atom. The standard InChI is InChI=1S/C23H28F4N4O2/c1-15(12-16(2)32)17-4-6-18(7-5-17)33-19-8-10-31(13-19)22-20(24)21(28-14-29-22)30(3)11-9-23(25,26)27/h4-7,14-15,19H,8-13H2,1-3H3/t15-,19-/m1/s1. The minimum Gasteiger partial charge on any atom is -0.489 e. The fourth-order valence-corrected chi connectivity index (χ4v) is 3.87. The van der Waals surface area contributed by atoms with E-state index in [0.717, 1.165) is 16.8 Å². The van der Waals surface area contributed by atoms with E-state index in [-0.39, 0.29) is 29.4 Å². The van der Waals surface area contributed by atoms with E-state index in [1.54, 1.807) is 11.8 Å². The van der Waals surface area contributed by atoms with E-state index >= 15 is 4.39 Å². The third kappa shape index (κ3) is 6.79. The van der Waals surface area contributed by atoms with E-state index in [2.05, 4.69) is 9.97 Å². The third-order valence-electron chi connectivity index (χ3n) is 5.64. The predicted octanol–water partition coefficient (Wildman–Crippen LogP) is 4.74. The Hall–Kier alpha value is -2.91. The van der Waals surface area contributed by atoms with Crippen LogP contribution in [-0.2, 0) is 4.79 Å². The van der Waals surface area contributed by atoms with E-state index in [9.17, 15) is 18.0 Å². The molecule has 1 aliphatic heterocycles. The largest absolute Gasteiger partial charge is 0.489 e. The molecular weight excluding hydrogens is 440 g/mol. The van der Waals surface area contributed by atoms with Gasteiger partial charge >= 0.3 is 6.18 Å². The number of ether oxygens (including phenoxy) is 1. The first-order chi connectivity index (χ1) is 15.5. The topological polar surface area (TPSA) is 58.6 Å². The van der Waals surface area contributed by atoms with Crippen molar-refractivity contribution in [3.05, 3.63) is 42.0 Å². The third-order valence-corrected chi connectivity index (χ3v) is 5.64. The minimum absolute atomic E-state index is 0.0540. The van der Waals surface area contributed by atoms with Gasteiger partial charge in [0.2, 0.25) is 5.82 Å². The van der Waals surface area contributed by atoms with Crippen molar-refractivity contribution in [2.24, 2.45) is 0 Å². The van der Waals surface area contributed by atoms with E-state index in [1.807, 2.05) is 31.2 Å². The van der Waals surface area contributed by atoms with Gasteiger partial charge in [0.15, 0.2) is 11.6 Å². The van der Waals surface area contributed by atoms with Gasteiger partial charge in [-0.3, -0.25) is 0 Å². The van der Waals surface area contributed by atoms with Crippen LogP contribution in [0.4, 0.5) is 29.2 Å². The molecule has 0 spiro atoms. The minimum atomic E-state index is -4.33. The second kappa shape index (κ2) is 10.4. The van der Waals surface area contributed by atoms with E-state index in [4.69, 9.17) is 4.74 Å². The normalized spacial score (nSPS) is 17.2. The summed E-state index contributed by atoms with van der Waals surface area (Å²) in [5.74, 6) is 0.0912. The number of Topliss-reactive ketones (excluding diaryl/α,β-unsaturated/α-hetero) is 1. The zero-order valence-electron chi connectivity index (χ0n) is 18.9. The summed E-state index contributed by atoms with van der Waals surface area (Å²) in [6, 6.07) is 7.58. The summed E-state index contributed by atoms with van der Waals surface area (Å²) >= 11 is 0. The first-order valence-electron chi connectivity index (χ1n) is 10.8. The number of hydrogen-bond acceptors (Lipinski definition) is 6. The molecule has 0 aliphatic carbocycles. The second-order valence-electron chi connectivity index (χ2n) is 8.47. The quantitative estimate of drug-likeness (QED) is 0.496. The van der Waals surface area contributed by atoms with Crippen molar-refractivity contribution in [1.29, 1.82) is 0 Å². The van der Waals surface area contributed by atoms with E-state index in [1.165, 1.54) is 7.05 Å². The predicted molar refractivity (Wildman–Crippen MR) is 117 cm³/mol. The summed E-state index contributed by atoms with van der Waals surface area (Å²) in [5.41, 5.74) is 1.05. The van der Waals surface area contributed by atoms with Gasteiger partial charge in [0.05, 0.1) is 13.0 Å². The van der Waals surface area contributed by atoms with Crippen molar-refractivity contribution < 1.29 is 27.1 Å². The summed E-state index contributed by atoms with van der Waals surface area (Å²) in [4.78, 5) is 22.0. The van der Waals surface area contributed by atoms with Gasteiger partial charge in [0, 0.05) is 33.0 Å². The van der Waals surface area contributed by atoms with Crippen LogP contribution in [0.1, 0.15) is 44.6 Å². The molecule has 0 unspecified atom stereocenters. The summed E-state index contributed by atoms with van der Waals surface area (Å²) in [6.45, 7) is 4.06. The molecule has 2 heterocycles. The molecule has 0 saturated carbocycles. The molecule has 2 atom stereocenters. The van der Waals surface area contributed by atoms with Crippen molar-refractivity contribution in [1.82, 2.24) is 9.97 Å². The van der Waals surface area contributed by atoms with Crippen LogP contribution in [0.25, 0.3) is 0 Å². The molecule has 3 rings (SSSR count). The van der Waals surface area contributed by atoms with Crippen LogP contribution in [0.3, 0.4) is 0 Å². The Morgan fingerprint density at radius 3 is 2.61 bits per heavy atom. The van der Waals surface area contributed by atoms with Crippen LogP contribution in [0.15, 0.2) is 30.6 Å². The summed E-state index contributed by atoms with van der Waals surface area (Å²) in [6.07, 6.45) is -3.29. The lowest BCUT2D eigenvalue weighted by Crippen LogP contribution is -2.29. The van der Waals surface area contributed by atoms with Crippen LogP contribution in [0.5, 0.6) is 5.75 Å². The molecule has 6 nitrogen and oxygen atoms in total. The number of anilines is 2. The van der Waals surface area contributed by atoms with E-state index < -0.39 is 25.0 Å². The van der Waals surface area contributed by atoms with E-state index in [0.29, 0.717) is 31.7 Å². The van der Waals surface area contributed by atoms with Crippen molar-refractivity contribution in [3.63, 3.8) is 0 Å². The summed E-state index contributed by atoms with van der Waals surface area (Å²) in [5, 5.41) is 0. The lowest BCUT2D eigenvalue weighted by Gasteiger charge is -2.23. The maximum absolute atomic E-state index is 15.0. The lowest BCUT2D eigenvalue weighted by molar-refractivity contribution is -0.132. The molecular formula is C23H28F4N4O2. The number of aromatic nitrogens is 2. The molecule has 0 radical (unpaired) electrons. The Kier molecular flexibility index (Phi) is 7.76. The highest BCUT2D eigenvalue weighted by Crippen LogP contribution is 2.29. The molecule has 1 aliphatic rings. The van der Waals surface area contributed by atoms with Crippen LogP contribution in [0, 0.1) is 5.82 Å². The molecule has 0 N–H and O–H groups in total. The first-order valence-corrected chi connectivity index (χ1v) is 10.8. The number of benzene rings is 1. The number of hydrogen-bond donors (Lipinski definition) is 0. The monoisotopic (exact) mass is 468 g/mol. The van der Waals surface area contributed by atoms with Crippen LogP contribution in [0.2, 0.25) is 0 Å². The fraction of sp³-hybridized carbons (Fsp3) is 0.522. The van der Waals surface area contributed by atoms with Gasteiger partial charge in [-0.05, 0) is 30.5 Å². The number of carbonyl (C=O) groups is 1. The average molecular weight is 468 g/mol. The molecule has 0 bridgehead atoms. The zero-order chi connectivity index (χ0) is 24.2. The Balaban J connectivity index is 1.61. The average Bonchev–Trinajstić information content (AvgIpc) is 3.20. The Bertz CT molecular complexity index is 952. The molecule has 180 valence electrons. The molecule has 0 amide bonds. The molecule has 10 heteroatoms. The van der Waals surface area contributed by atoms with Crippen molar-refractivity contribution in [2.45, 2.75) is 51.3 Å². The van der Waals surface area contributed by atoms with Gasteiger partial charge in [0.25, 0.3) is 0 Å². The first kappa shape index (κ1) is 24.7. The van der Waals surface area contributed by atoms with Crippen LogP contribution < -0.4 is 14.5 Å². The number of carbonyl (C=O) groups excluding carboxylic acids is 1. The molecule has 1 saturated heterocycles. The number of ketones is 1. The van der Waals surface area contributed by atoms with Gasteiger partial charge in [-0.1, -0.05) is 19.1 Å². The van der Waals surface area contributed by atoms with Gasteiger partial charge in [0.1, 0.15) is 24.0 Å². The number of nitrogens with zero attached hydrogens (tertiary/aromatic N) is 4. The number of alkyl halides is 3. The van der Waals surface area contributed by atoms with Crippen molar-refractivity contribution >= 4 is 17.4 Å². The van der Waals surface area contributed by atoms with Crippen molar-refractivity contribution in [2.75, 3.05) is 36.5 Å². The van der Waals surface area contributed by atoms with Crippen LogP contribution in [-0.4, -0.2) is 54.7 Å². The highest BCUT2D eigenvalue weighted by Gasteiger charge is 2.31. The molecule has 33 heavy (non-hydrogen) atoms. The second-order valence-corrected chi connectivity index (χ2v) is 8.47. The molecule has 1 aromatic carbocycles. The molecule has 1 aromatic heterocycles. The lowest BCUT2D eigenvalue weighted by atomic mass is 9.96. The van der Waals surface area contributed by atoms with Gasteiger partial charge in [-0.25, -0.2) is 9.97 Å². The fourth-order valence-electron chi connectivity index (χ4n) is 3.87. The SMILES string of the molecule is CC(=O)C[C@@H](C)c1ccc(O[C@@H]2CCN(c3ncnc(N(C)CCC(F)(F)F)c3F)C2)cc1. The highest BCUT2D eigenvalue weighted by atomic mass is 19.4. The van der Waals surface area contributed by atoms with Gasteiger partial charge < -0.3 is 19.3 Å². The zero-order valence-corrected chi connectivity index (χ0v) is 18.9. The number of halogens is 4. The highest BCUT2D eigenvalue weighted by molar-refractivity contribution is 5.76. The summed E-state index contributed by atoms with van der Waals surface area (Å²) < 4.78 is 58.5.